The predicted molar refractivity (Wildman–Crippen MR) is 117 cm³/mol. The van der Waals surface area contributed by atoms with Gasteiger partial charge in [-0.3, -0.25) is 9.78 Å². The highest BCUT2D eigenvalue weighted by Crippen LogP contribution is 2.21. The number of pyridine rings is 1. The van der Waals surface area contributed by atoms with Gasteiger partial charge in [0.25, 0.3) is 0 Å². The summed E-state index contributed by atoms with van der Waals surface area (Å²) in [6, 6.07) is 13.4. The summed E-state index contributed by atoms with van der Waals surface area (Å²) in [4.78, 5) is 17.0. The highest BCUT2D eigenvalue weighted by Gasteiger charge is 2.25. The largest absolute Gasteiger partial charge is 0.464 e. The van der Waals surface area contributed by atoms with E-state index in [1.807, 2.05) is 42.5 Å². The number of fused-ring (bicyclic) bond motifs is 2. The summed E-state index contributed by atoms with van der Waals surface area (Å²) in [5, 5.41) is 18.7. The van der Waals surface area contributed by atoms with Crippen LogP contribution >= 0.6 is 13.5 Å². The van der Waals surface area contributed by atoms with Crippen LogP contribution in [-0.4, -0.2) is 35.6 Å². The first kappa shape index (κ1) is 20.1. The molecule has 0 saturated carbocycles. The van der Waals surface area contributed by atoms with Crippen molar-refractivity contribution in [2.45, 2.75) is 12.3 Å². The predicted octanol–water partition coefficient (Wildman–Crippen LogP) is 0.826. The lowest BCUT2D eigenvalue weighted by molar-refractivity contribution is -0.119. The minimum absolute atomic E-state index is 0. The van der Waals surface area contributed by atoms with Crippen molar-refractivity contribution in [3.8, 4) is 0 Å². The maximum absolute atomic E-state index is 12.9. The number of benzene rings is 2. The first-order valence-electron chi connectivity index (χ1n) is 8.81. The number of nitrogens with one attached hydrogen (secondary N) is 1. The lowest BCUT2D eigenvalue weighted by atomic mass is 9.70. The molecule has 0 radical (unpaired) electrons. The molecule has 1 atom stereocenters. The van der Waals surface area contributed by atoms with E-state index in [0.717, 1.165) is 27.5 Å². The van der Waals surface area contributed by atoms with Crippen LogP contribution in [-0.2, 0) is 11.2 Å². The molecule has 4 rings (SSSR count). The molecule has 0 aliphatic carbocycles. The average Bonchev–Trinajstić information content (AvgIpc) is 2.69. The van der Waals surface area contributed by atoms with Gasteiger partial charge in [0.15, 0.2) is 0 Å². The van der Waals surface area contributed by atoms with Gasteiger partial charge in [0.2, 0.25) is 0 Å². The van der Waals surface area contributed by atoms with Gasteiger partial charge in [-0.05, 0) is 33.6 Å². The monoisotopic (exact) mass is 392 g/mol. The Kier molecular flexibility index (Phi) is 6.13. The number of aromatic nitrogens is 1. The molecule has 0 amide bonds. The second kappa shape index (κ2) is 8.56. The van der Waals surface area contributed by atoms with Crippen molar-refractivity contribution in [1.82, 2.24) is 10.3 Å². The van der Waals surface area contributed by atoms with Crippen molar-refractivity contribution in [3.05, 3.63) is 71.5 Å². The molecule has 3 aromatic rings. The Morgan fingerprint density at radius 3 is 2.86 bits per heavy atom. The number of Topliss-reactive ketones (excluding diaryl/α,β-unsaturated/α-hetero) is 1. The molecule has 6 nitrogen and oxygen atoms in total. The van der Waals surface area contributed by atoms with E-state index >= 15 is 0 Å². The third-order valence-electron chi connectivity index (χ3n) is 4.92. The van der Waals surface area contributed by atoms with Gasteiger partial charge in [-0.2, -0.15) is 18.6 Å². The van der Waals surface area contributed by atoms with E-state index in [4.69, 9.17) is 5.73 Å². The van der Waals surface area contributed by atoms with Gasteiger partial charge in [-0.15, -0.1) is 0 Å². The second-order valence-electron chi connectivity index (χ2n) is 6.67. The number of hydrogen-bond acceptors (Lipinski definition) is 6. The molecule has 4 N–H and O–H groups in total. The van der Waals surface area contributed by atoms with Crippen LogP contribution in [0.2, 0.25) is 0 Å². The number of ketones is 1. The smallest absolute Gasteiger partial charge is 0.428 e. The van der Waals surface area contributed by atoms with Crippen LogP contribution in [0.5, 0.6) is 0 Å². The summed E-state index contributed by atoms with van der Waals surface area (Å²) >= 11 is 0. The zero-order chi connectivity index (χ0) is 18.8. The molecule has 0 saturated heterocycles. The quantitative estimate of drug-likeness (QED) is 0.559. The SMILES string of the molecule is NC[C@@H](C(=O)Cc1ccc2cnccc2c1)c1ccc2c(c1)B(O)NN=C2.S. The minimum Gasteiger partial charge on any atom is -0.428 e. The standard InChI is InChI=1S/C20H19BN4O2.H2S/c22-10-18(15-3-4-17-12-24-25-21(27)19(17)9-15)20(26)8-13-1-2-16-11-23-6-5-14(16)7-13;/h1-7,9,11-12,18,25,27H,8,10,22H2;1H2/t18-;/m1./s1. The maximum atomic E-state index is 12.9. The second-order valence-corrected chi connectivity index (χ2v) is 6.67. The highest BCUT2D eigenvalue weighted by molar-refractivity contribution is 7.59. The zero-order valence-electron chi connectivity index (χ0n) is 15.2. The van der Waals surface area contributed by atoms with Gasteiger partial charge in [-0.25, -0.2) is 0 Å². The first-order chi connectivity index (χ1) is 13.2. The molecule has 2 aromatic carbocycles. The highest BCUT2D eigenvalue weighted by atomic mass is 32.1. The number of carbonyl (C=O) groups excluding carboxylic acids is 1. The first-order valence-corrected chi connectivity index (χ1v) is 8.81. The number of nitrogens with zero attached hydrogens (tertiary/aromatic N) is 2. The average molecular weight is 392 g/mol. The lowest BCUT2D eigenvalue weighted by Gasteiger charge is -2.19. The molecule has 28 heavy (non-hydrogen) atoms. The zero-order valence-corrected chi connectivity index (χ0v) is 16.2. The summed E-state index contributed by atoms with van der Waals surface area (Å²) in [6.07, 6.45) is 5.50. The fourth-order valence-corrected chi connectivity index (χ4v) is 3.43. The van der Waals surface area contributed by atoms with Crippen LogP contribution in [0.25, 0.3) is 10.8 Å². The van der Waals surface area contributed by atoms with E-state index < -0.39 is 13.0 Å². The Labute approximate surface area is 170 Å². The van der Waals surface area contributed by atoms with E-state index in [0.29, 0.717) is 11.9 Å². The van der Waals surface area contributed by atoms with Crippen molar-refractivity contribution < 1.29 is 9.82 Å². The van der Waals surface area contributed by atoms with Crippen LogP contribution in [0.15, 0.2) is 60.0 Å². The van der Waals surface area contributed by atoms with Gasteiger partial charge in [0, 0.05) is 30.7 Å². The molecular weight excluding hydrogens is 371 g/mol. The summed E-state index contributed by atoms with van der Waals surface area (Å²) in [5.41, 5.74) is 9.21. The van der Waals surface area contributed by atoms with Crippen LogP contribution < -0.4 is 16.5 Å². The molecule has 0 fully saturated rings. The van der Waals surface area contributed by atoms with E-state index in [1.165, 1.54) is 0 Å². The van der Waals surface area contributed by atoms with Crippen molar-refractivity contribution in [2.24, 2.45) is 10.8 Å². The Morgan fingerprint density at radius 2 is 2.04 bits per heavy atom. The van der Waals surface area contributed by atoms with Gasteiger partial charge in [0.05, 0.1) is 12.1 Å². The van der Waals surface area contributed by atoms with Gasteiger partial charge < -0.3 is 16.1 Å². The van der Waals surface area contributed by atoms with Gasteiger partial charge >= 0.3 is 7.05 Å². The van der Waals surface area contributed by atoms with Gasteiger partial charge in [-0.1, -0.05) is 36.4 Å². The van der Waals surface area contributed by atoms with Crippen molar-refractivity contribution >= 4 is 48.8 Å². The molecule has 8 heteroatoms. The molecular formula is C20H21BN4O2S. The number of hydrogen-bond donors (Lipinski definition) is 3. The van der Waals surface area contributed by atoms with Crippen LogP contribution in [0.3, 0.4) is 0 Å². The summed E-state index contributed by atoms with van der Waals surface area (Å²) in [7, 11) is -0.882. The van der Waals surface area contributed by atoms with E-state index in [1.54, 1.807) is 18.6 Å². The normalized spacial score (nSPS) is 13.4. The maximum Gasteiger partial charge on any atom is 0.464 e. The van der Waals surface area contributed by atoms with Crippen LogP contribution in [0.4, 0.5) is 0 Å². The fraction of sp³-hybridized carbons (Fsp3) is 0.150. The Morgan fingerprint density at radius 1 is 1.18 bits per heavy atom. The van der Waals surface area contributed by atoms with Crippen molar-refractivity contribution in [2.75, 3.05) is 6.54 Å². The van der Waals surface area contributed by atoms with Crippen LogP contribution in [0.1, 0.15) is 22.6 Å². The number of hydrazone groups is 1. The number of carbonyl (C=O) groups is 1. The minimum atomic E-state index is -0.882. The summed E-state index contributed by atoms with van der Waals surface area (Å²) in [5.74, 6) is -0.368. The summed E-state index contributed by atoms with van der Waals surface area (Å²) < 4.78 is 0. The molecule has 0 spiro atoms. The molecule has 142 valence electrons. The van der Waals surface area contributed by atoms with Crippen molar-refractivity contribution in [3.63, 3.8) is 0 Å². The Bertz CT molecular complexity index is 1040. The topological polar surface area (TPSA) is 101 Å². The summed E-state index contributed by atoms with van der Waals surface area (Å²) in [6.45, 7) is 0.215. The fourth-order valence-electron chi connectivity index (χ4n) is 3.43. The van der Waals surface area contributed by atoms with Gasteiger partial charge in [0.1, 0.15) is 5.78 Å². The Hall–Kier alpha value is -2.68. The molecule has 2 heterocycles. The van der Waals surface area contributed by atoms with E-state index in [9.17, 15) is 9.82 Å². The Balaban J connectivity index is 0.00000225. The lowest BCUT2D eigenvalue weighted by Crippen LogP contribution is -2.47. The molecule has 1 aliphatic rings. The molecule has 0 unspecified atom stereocenters. The number of nitrogens with two attached hydrogens (primary N) is 1. The van der Waals surface area contributed by atoms with E-state index in [2.05, 4.69) is 15.4 Å². The van der Waals surface area contributed by atoms with E-state index in [-0.39, 0.29) is 25.8 Å². The third-order valence-corrected chi connectivity index (χ3v) is 4.92. The van der Waals surface area contributed by atoms with Crippen molar-refractivity contribution in [1.29, 1.82) is 0 Å². The third kappa shape index (κ3) is 3.94. The van der Waals surface area contributed by atoms with Crippen LogP contribution in [0, 0.1) is 0 Å². The number of rotatable bonds is 5. The molecule has 1 aliphatic heterocycles. The molecule has 0 bridgehead atoms. The molecule has 1 aromatic heterocycles.